The Kier molecular flexibility index (Phi) is 5.69. The number of carboxylic acids is 1. The van der Waals surface area contributed by atoms with Gasteiger partial charge < -0.3 is 5.11 Å². The van der Waals surface area contributed by atoms with Gasteiger partial charge >= 0.3 is 5.97 Å². The summed E-state index contributed by atoms with van der Waals surface area (Å²) in [6.07, 6.45) is 2.96. The summed E-state index contributed by atoms with van der Waals surface area (Å²) in [7, 11) is -3.09. The maximum absolute atomic E-state index is 12.2. The first-order valence-corrected chi connectivity index (χ1v) is 11.0. The van der Waals surface area contributed by atoms with Crippen molar-refractivity contribution in [1.82, 2.24) is 19.6 Å². The van der Waals surface area contributed by atoms with Gasteiger partial charge in [0.15, 0.2) is 9.84 Å². The van der Waals surface area contributed by atoms with E-state index < -0.39 is 15.8 Å². The average Bonchev–Trinajstić information content (AvgIpc) is 3.07. The molecule has 0 bridgehead atoms. The first-order valence-electron chi connectivity index (χ1n) is 9.22. The molecule has 3 heterocycles. The number of nitrogens with zero attached hydrogens (tertiary/aromatic N) is 4. The summed E-state index contributed by atoms with van der Waals surface area (Å²) in [5.74, 6) is -0.561. The average molecular weight is 385 g/mol. The van der Waals surface area contributed by atoms with Crippen molar-refractivity contribution in [3.63, 3.8) is 0 Å². The van der Waals surface area contributed by atoms with Gasteiger partial charge in [0.1, 0.15) is 0 Å². The molecule has 0 radical (unpaired) electrons. The Morgan fingerprint density at radius 2 is 1.88 bits per heavy atom. The maximum Gasteiger partial charge on any atom is 0.304 e. The summed E-state index contributed by atoms with van der Waals surface area (Å²) in [6.45, 7) is 7.61. The van der Waals surface area contributed by atoms with Gasteiger partial charge in [0.25, 0.3) is 0 Å². The first kappa shape index (κ1) is 19.3. The molecule has 2 aliphatic rings. The Labute approximate surface area is 154 Å². The van der Waals surface area contributed by atoms with Crippen LogP contribution >= 0.6 is 0 Å². The normalized spacial score (nSPS) is 26.1. The van der Waals surface area contributed by atoms with Crippen LogP contribution in [0.4, 0.5) is 0 Å². The standard InChI is InChI=1S/C17H28N4O4S/c1-3-5-21-13(2)14(9-18-21)10-20-8-7-19(6-4-17(22)23)15-11-26(24,25)12-16(15)20/h9,15-16H,3-8,10-12H2,1-2H3,(H,22,23)/t15-,16+/m1/s1. The summed E-state index contributed by atoms with van der Waals surface area (Å²) in [4.78, 5) is 15.2. The molecule has 2 fully saturated rings. The number of hydrogen-bond acceptors (Lipinski definition) is 6. The van der Waals surface area contributed by atoms with E-state index in [4.69, 9.17) is 5.11 Å². The first-order chi connectivity index (χ1) is 12.3. The van der Waals surface area contributed by atoms with Crippen LogP contribution in [0.3, 0.4) is 0 Å². The summed E-state index contributed by atoms with van der Waals surface area (Å²) in [5, 5.41) is 13.4. The fourth-order valence-corrected chi connectivity index (χ4v) is 6.15. The lowest BCUT2D eigenvalue weighted by Crippen LogP contribution is -2.58. The lowest BCUT2D eigenvalue weighted by molar-refractivity contribution is -0.137. The topological polar surface area (TPSA) is 95.7 Å². The van der Waals surface area contributed by atoms with Gasteiger partial charge in [-0.25, -0.2) is 8.42 Å². The highest BCUT2D eigenvalue weighted by Gasteiger charge is 2.46. The molecule has 0 saturated carbocycles. The number of piperazine rings is 1. The van der Waals surface area contributed by atoms with E-state index in [0.29, 0.717) is 19.6 Å². The van der Waals surface area contributed by atoms with Crippen LogP contribution in [0.5, 0.6) is 0 Å². The molecule has 26 heavy (non-hydrogen) atoms. The van der Waals surface area contributed by atoms with Crippen molar-refractivity contribution in [2.75, 3.05) is 31.1 Å². The molecule has 3 rings (SSSR count). The van der Waals surface area contributed by atoms with Crippen LogP contribution in [0.15, 0.2) is 6.20 Å². The molecule has 1 N–H and O–H groups in total. The number of aliphatic carboxylic acids is 1. The summed E-state index contributed by atoms with van der Waals surface area (Å²) >= 11 is 0. The Morgan fingerprint density at radius 1 is 1.23 bits per heavy atom. The summed E-state index contributed by atoms with van der Waals surface area (Å²) in [5.41, 5.74) is 2.28. The van der Waals surface area contributed by atoms with E-state index >= 15 is 0 Å². The van der Waals surface area contributed by atoms with Gasteiger partial charge in [-0.3, -0.25) is 19.3 Å². The Balaban J connectivity index is 1.74. The van der Waals surface area contributed by atoms with E-state index in [1.54, 1.807) is 0 Å². The van der Waals surface area contributed by atoms with Crippen LogP contribution in [0.2, 0.25) is 0 Å². The lowest BCUT2D eigenvalue weighted by Gasteiger charge is -2.43. The largest absolute Gasteiger partial charge is 0.481 e. The third-order valence-electron chi connectivity index (χ3n) is 5.53. The number of fused-ring (bicyclic) bond motifs is 1. The monoisotopic (exact) mass is 384 g/mol. The zero-order valence-electron chi connectivity index (χ0n) is 15.5. The van der Waals surface area contributed by atoms with Gasteiger partial charge in [-0.2, -0.15) is 5.10 Å². The summed E-state index contributed by atoms with van der Waals surface area (Å²) < 4.78 is 26.5. The molecule has 0 amide bonds. The second kappa shape index (κ2) is 7.66. The molecule has 2 saturated heterocycles. The van der Waals surface area contributed by atoms with Crippen molar-refractivity contribution in [3.05, 3.63) is 17.5 Å². The number of hydrogen-bond donors (Lipinski definition) is 1. The molecule has 1 aromatic rings. The van der Waals surface area contributed by atoms with Crippen molar-refractivity contribution in [2.24, 2.45) is 0 Å². The third-order valence-corrected chi connectivity index (χ3v) is 7.23. The number of aromatic nitrogens is 2. The Morgan fingerprint density at radius 3 is 2.54 bits per heavy atom. The molecule has 8 nitrogen and oxygen atoms in total. The second-order valence-corrected chi connectivity index (χ2v) is 9.49. The zero-order valence-corrected chi connectivity index (χ0v) is 16.3. The molecule has 9 heteroatoms. The van der Waals surface area contributed by atoms with Crippen LogP contribution in [0.25, 0.3) is 0 Å². The van der Waals surface area contributed by atoms with Crippen LogP contribution in [-0.2, 0) is 27.7 Å². The van der Waals surface area contributed by atoms with E-state index in [9.17, 15) is 13.2 Å². The van der Waals surface area contributed by atoms with Gasteiger partial charge in [-0.15, -0.1) is 0 Å². The van der Waals surface area contributed by atoms with Crippen molar-refractivity contribution in [2.45, 2.75) is 51.9 Å². The van der Waals surface area contributed by atoms with Crippen molar-refractivity contribution >= 4 is 15.8 Å². The van der Waals surface area contributed by atoms with Gasteiger partial charge in [-0.05, 0) is 13.3 Å². The van der Waals surface area contributed by atoms with Crippen LogP contribution in [0.1, 0.15) is 31.0 Å². The van der Waals surface area contributed by atoms with E-state index in [1.165, 1.54) is 0 Å². The van der Waals surface area contributed by atoms with Crippen LogP contribution < -0.4 is 0 Å². The van der Waals surface area contributed by atoms with Gasteiger partial charge in [-0.1, -0.05) is 6.92 Å². The van der Waals surface area contributed by atoms with Crippen molar-refractivity contribution < 1.29 is 18.3 Å². The van der Waals surface area contributed by atoms with E-state index in [-0.39, 0.29) is 30.0 Å². The number of carboxylic acid groups (broad SMARTS) is 1. The Bertz CT molecular complexity index is 761. The SMILES string of the molecule is CCCn1ncc(CN2CCN(CCC(=O)O)[C@@H]3CS(=O)(=O)C[C@@H]32)c1C. The highest BCUT2D eigenvalue weighted by molar-refractivity contribution is 7.91. The number of carbonyl (C=O) groups is 1. The third kappa shape index (κ3) is 4.10. The highest BCUT2D eigenvalue weighted by atomic mass is 32.2. The molecule has 0 aliphatic carbocycles. The van der Waals surface area contributed by atoms with E-state index in [2.05, 4.69) is 23.8 Å². The molecule has 2 aliphatic heterocycles. The molecule has 2 atom stereocenters. The van der Waals surface area contributed by atoms with E-state index in [1.807, 2.05) is 15.8 Å². The molecule has 0 unspecified atom stereocenters. The van der Waals surface area contributed by atoms with E-state index in [0.717, 1.165) is 30.8 Å². The Hall–Kier alpha value is -1.45. The van der Waals surface area contributed by atoms with Crippen molar-refractivity contribution in [1.29, 1.82) is 0 Å². The van der Waals surface area contributed by atoms with Crippen LogP contribution in [0, 0.1) is 6.92 Å². The van der Waals surface area contributed by atoms with Crippen LogP contribution in [-0.4, -0.2) is 82.3 Å². The molecule has 1 aromatic heterocycles. The number of rotatable bonds is 7. The van der Waals surface area contributed by atoms with Gasteiger partial charge in [0.05, 0.1) is 24.1 Å². The number of sulfone groups is 1. The minimum absolute atomic E-state index is 0.0478. The highest BCUT2D eigenvalue weighted by Crippen LogP contribution is 2.28. The minimum atomic E-state index is -3.09. The van der Waals surface area contributed by atoms with Crippen molar-refractivity contribution in [3.8, 4) is 0 Å². The molecule has 0 spiro atoms. The van der Waals surface area contributed by atoms with Gasteiger partial charge in [0, 0.05) is 56.1 Å². The summed E-state index contributed by atoms with van der Waals surface area (Å²) in [6, 6.07) is -0.185. The quantitative estimate of drug-likeness (QED) is 0.725. The van der Waals surface area contributed by atoms with Gasteiger partial charge in [0.2, 0.25) is 0 Å². The fourth-order valence-electron chi connectivity index (χ4n) is 4.11. The predicted molar refractivity (Wildman–Crippen MR) is 97.7 cm³/mol. The zero-order chi connectivity index (χ0) is 18.9. The maximum atomic E-state index is 12.2. The number of aryl methyl sites for hydroxylation is 1. The smallest absolute Gasteiger partial charge is 0.304 e. The molecular weight excluding hydrogens is 356 g/mol. The molecule has 146 valence electrons. The minimum Gasteiger partial charge on any atom is -0.481 e. The molecule has 0 aromatic carbocycles. The fraction of sp³-hybridized carbons (Fsp3) is 0.765. The molecular formula is C17H28N4O4S. The second-order valence-electron chi connectivity index (χ2n) is 7.34. The lowest BCUT2D eigenvalue weighted by atomic mass is 10.0. The predicted octanol–water partition coefficient (Wildman–Crippen LogP) is 0.359.